The maximum Gasteiger partial charge on any atom is 0.201 e. The van der Waals surface area contributed by atoms with Gasteiger partial charge in [0.05, 0.1) is 0 Å². The van der Waals surface area contributed by atoms with E-state index in [0.717, 1.165) is 0 Å². The van der Waals surface area contributed by atoms with Gasteiger partial charge in [-0.15, -0.1) is 0 Å². The van der Waals surface area contributed by atoms with Crippen molar-refractivity contribution in [1.82, 2.24) is 0 Å². The number of rotatable bonds is 2. The second-order valence-corrected chi connectivity index (χ2v) is 4.16. The van der Waals surface area contributed by atoms with Crippen molar-refractivity contribution < 1.29 is 19.1 Å². The van der Waals surface area contributed by atoms with Gasteiger partial charge in [0.25, 0.3) is 0 Å². The van der Waals surface area contributed by atoms with Crippen LogP contribution in [0.5, 0.6) is 0 Å². The van der Waals surface area contributed by atoms with Crippen LogP contribution in [0.4, 0.5) is 4.39 Å². The first-order valence-corrected chi connectivity index (χ1v) is 4.58. The van der Waals surface area contributed by atoms with Gasteiger partial charge in [-0.1, -0.05) is 6.08 Å². The highest BCUT2D eigenvalue weighted by atomic mass is 19.1. The summed E-state index contributed by atoms with van der Waals surface area (Å²) in [5.41, 5.74) is -0.852. The zero-order valence-corrected chi connectivity index (χ0v) is 8.93. The maximum atomic E-state index is 12.2. The summed E-state index contributed by atoms with van der Waals surface area (Å²) in [5, 5.41) is 9.71. The molecule has 0 bridgehead atoms. The summed E-state index contributed by atoms with van der Waals surface area (Å²) in [6, 6.07) is 0. The molecule has 15 heavy (non-hydrogen) atoms. The Balaban J connectivity index is 3.33. The van der Waals surface area contributed by atoms with Crippen LogP contribution < -0.4 is 0 Å². The number of Topliss-reactive ketones (excluding diaryl/α,β-unsaturated/α-hetero) is 2. The first-order chi connectivity index (χ1) is 6.81. The highest BCUT2D eigenvalue weighted by Crippen LogP contribution is 2.35. The van der Waals surface area contributed by atoms with E-state index in [1.165, 1.54) is 0 Å². The lowest BCUT2D eigenvalue weighted by atomic mass is 9.78. The number of allylic oxidation sites excluding steroid dienone is 3. The minimum absolute atomic E-state index is 0.347. The third kappa shape index (κ3) is 1.84. The molecule has 0 aromatic carbocycles. The van der Waals surface area contributed by atoms with E-state index in [0.29, 0.717) is 5.57 Å². The van der Waals surface area contributed by atoms with Gasteiger partial charge in [0.2, 0.25) is 5.78 Å². The van der Waals surface area contributed by atoms with E-state index in [4.69, 9.17) is 0 Å². The molecule has 0 heterocycles. The van der Waals surface area contributed by atoms with Gasteiger partial charge in [-0.05, 0) is 26.3 Å². The Hall–Kier alpha value is -1.45. The molecule has 3 nitrogen and oxygen atoms in total. The molecule has 0 saturated heterocycles. The lowest BCUT2D eigenvalue weighted by Crippen LogP contribution is -2.28. The number of aliphatic hydroxyl groups is 1. The van der Waals surface area contributed by atoms with Crippen molar-refractivity contribution >= 4 is 11.6 Å². The number of hydrogen-bond acceptors (Lipinski definition) is 3. The van der Waals surface area contributed by atoms with Crippen LogP contribution >= 0.6 is 0 Å². The van der Waals surface area contributed by atoms with Crippen molar-refractivity contribution in [2.24, 2.45) is 5.41 Å². The van der Waals surface area contributed by atoms with Gasteiger partial charge in [0, 0.05) is 5.41 Å². The number of aliphatic hydroxyl groups excluding tert-OH is 1. The molecular formula is C11H13FO3. The quantitative estimate of drug-likeness (QED) is 0.711. The van der Waals surface area contributed by atoms with Crippen LogP contribution in [0.1, 0.15) is 20.8 Å². The molecule has 1 aliphatic rings. The Bertz CT molecular complexity index is 389. The number of alkyl halides is 1. The van der Waals surface area contributed by atoms with Gasteiger partial charge in [-0.25, -0.2) is 4.39 Å². The van der Waals surface area contributed by atoms with E-state index in [1.807, 2.05) is 0 Å². The molecule has 0 radical (unpaired) electrons. The lowest BCUT2D eigenvalue weighted by Gasteiger charge is -2.26. The van der Waals surface area contributed by atoms with Crippen molar-refractivity contribution in [2.45, 2.75) is 20.8 Å². The van der Waals surface area contributed by atoms with E-state index in [1.54, 1.807) is 26.8 Å². The van der Waals surface area contributed by atoms with E-state index in [2.05, 4.69) is 0 Å². The van der Waals surface area contributed by atoms with Crippen molar-refractivity contribution in [3.8, 4) is 0 Å². The summed E-state index contributed by atoms with van der Waals surface area (Å²) >= 11 is 0. The summed E-state index contributed by atoms with van der Waals surface area (Å²) in [7, 11) is 0. The average Bonchev–Trinajstić information content (AvgIpc) is 2.14. The first-order valence-electron chi connectivity index (χ1n) is 4.58. The smallest absolute Gasteiger partial charge is 0.201 e. The number of hydrogen-bond donors (Lipinski definition) is 1. The van der Waals surface area contributed by atoms with Crippen LogP contribution in [0.25, 0.3) is 0 Å². The molecule has 1 rings (SSSR count). The van der Waals surface area contributed by atoms with Crippen LogP contribution in [-0.2, 0) is 9.59 Å². The van der Waals surface area contributed by atoms with Gasteiger partial charge in [-0.2, -0.15) is 0 Å². The molecule has 0 amide bonds. The summed E-state index contributed by atoms with van der Waals surface area (Å²) in [6.45, 7) is 3.59. The van der Waals surface area contributed by atoms with E-state index in [-0.39, 0.29) is 5.76 Å². The SMILES string of the molecule is CC1=CC(C)(C)C(O)=C(C(=O)CF)C1=O. The zero-order chi connectivity index (χ0) is 11.8. The fourth-order valence-corrected chi connectivity index (χ4v) is 1.63. The maximum absolute atomic E-state index is 12.2. The molecule has 4 heteroatoms. The van der Waals surface area contributed by atoms with Crippen molar-refractivity contribution in [3.05, 3.63) is 23.0 Å². The fourth-order valence-electron chi connectivity index (χ4n) is 1.63. The third-order valence-electron chi connectivity index (χ3n) is 2.41. The molecule has 1 aliphatic carbocycles. The Morgan fingerprint density at radius 1 is 1.53 bits per heavy atom. The Labute approximate surface area is 87.3 Å². The third-order valence-corrected chi connectivity index (χ3v) is 2.41. The molecule has 0 atom stereocenters. The van der Waals surface area contributed by atoms with Gasteiger partial charge in [-0.3, -0.25) is 9.59 Å². The number of carbonyl (C=O) groups is 2. The molecule has 0 aromatic rings. The summed E-state index contributed by atoms with van der Waals surface area (Å²) in [5.74, 6) is -1.90. The molecule has 0 aromatic heterocycles. The van der Waals surface area contributed by atoms with Crippen LogP contribution in [0.3, 0.4) is 0 Å². The Morgan fingerprint density at radius 2 is 2.07 bits per heavy atom. The van der Waals surface area contributed by atoms with E-state index < -0.39 is 29.2 Å². The molecule has 0 saturated carbocycles. The second-order valence-electron chi connectivity index (χ2n) is 4.16. The molecular weight excluding hydrogens is 199 g/mol. The van der Waals surface area contributed by atoms with Crippen molar-refractivity contribution in [3.63, 3.8) is 0 Å². The van der Waals surface area contributed by atoms with E-state index >= 15 is 0 Å². The topological polar surface area (TPSA) is 54.4 Å². The minimum Gasteiger partial charge on any atom is -0.511 e. The predicted octanol–water partition coefficient (Wildman–Crippen LogP) is 1.89. The number of halogens is 1. The zero-order valence-electron chi connectivity index (χ0n) is 8.93. The molecule has 1 N–H and O–H groups in total. The highest BCUT2D eigenvalue weighted by Gasteiger charge is 2.36. The van der Waals surface area contributed by atoms with Crippen molar-refractivity contribution in [1.29, 1.82) is 0 Å². The Morgan fingerprint density at radius 3 is 2.53 bits per heavy atom. The molecule has 0 aliphatic heterocycles. The lowest BCUT2D eigenvalue weighted by molar-refractivity contribution is -0.121. The van der Waals surface area contributed by atoms with Gasteiger partial charge < -0.3 is 5.11 Å². The van der Waals surface area contributed by atoms with Crippen LogP contribution in [0.15, 0.2) is 23.0 Å². The van der Waals surface area contributed by atoms with E-state index in [9.17, 15) is 19.1 Å². The summed E-state index contributed by atoms with van der Waals surface area (Å²) in [6.07, 6.45) is 1.57. The summed E-state index contributed by atoms with van der Waals surface area (Å²) < 4.78 is 12.2. The minimum atomic E-state index is -1.27. The normalized spacial score (nSPS) is 20.3. The summed E-state index contributed by atoms with van der Waals surface area (Å²) in [4.78, 5) is 22.7. The second kappa shape index (κ2) is 3.61. The largest absolute Gasteiger partial charge is 0.511 e. The standard InChI is InChI=1S/C11H13FO3/c1-6-4-11(2,3)10(15)8(9(6)14)7(13)5-12/h4,15H,5H2,1-3H3. The number of ketones is 2. The fraction of sp³-hybridized carbons (Fsp3) is 0.455. The molecule has 82 valence electrons. The van der Waals surface area contributed by atoms with Crippen molar-refractivity contribution in [2.75, 3.05) is 6.67 Å². The molecule has 0 fully saturated rings. The predicted molar refractivity (Wildman–Crippen MR) is 53.2 cm³/mol. The van der Waals surface area contributed by atoms with Gasteiger partial charge >= 0.3 is 0 Å². The van der Waals surface area contributed by atoms with Crippen LogP contribution in [0, 0.1) is 5.41 Å². The monoisotopic (exact) mass is 212 g/mol. The molecule has 0 spiro atoms. The molecule has 0 unspecified atom stereocenters. The average molecular weight is 212 g/mol. The Kier molecular flexibility index (Phi) is 2.79. The number of carbonyl (C=O) groups excluding carboxylic acids is 2. The van der Waals surface area contributed by atoms with Crippen LogP contribution in [-0.4, -0.2) is 23.3 Å². The van der Waals surface area contributed by atoms with Gasteiger partial charge in [0.1, 0.15) is 11.3 Å². The first kappa shape index (κ1) is 11.6. The van der Waals surface area contributed by atoms with Gasteiger partial charge in [0.15, 0.2) is 12.5 Å². The van der Waals surface area contributed by atoms with Crippen LogP contribution in [0.2, 0.25) is 0 Å². The highest BCUT2D eigenvalue weighted by molar-refractivity contribution is 6.27.